The summed E-state index contributed by atoms with van der Waals surface area (Å²) in [7, 11) is 0. The highest BCUT2D eigenvalue weighted by Crippen LogP contribution is 2.61. The second-order valence-corrected chi connectivity index (χ2v) is 17.6. The fourth-order valence-corrected chi connectivity index (χ4v) is 11.1. The van der Waals surface area contributed by atoms with Crippen LogP contribution in [0.25, 0.3) is 22.0 Å². The molecule has 1 aliphatic heterocycles. The Balaban J connectivity index is 0.937. The molecule has 0 atom stereocenters. The zero-order chi connectivity index (χ0) is 36.9. The summed E-state index contributed by atoms with van der Waals surface area (Å²) in [5.41, 5.74) is 6.89. The maximum atomic E-state index is 14.0. The van der Waals surface area contributed by atoms with Crippen LogP contribution in [-0.2, 0) is 9.59 Å². The number of allylic oxidation sites excluding steroid dienone is 4. The van der Waals surface area contributed by atoms with Crippen LogP contribution in [0.5, 0.6) is 0 Å². The van der Waals surface area contributed by atoms with Crippen LogP contribution in [0.4, 0.5) is 5.82 Å². The predicted molar refractivity (Wildman–Crippen MR) is 211 cm³/mol. The number of Topliss-reactive ketones (excluding diaryl/α,β-unsaturated/α-hetero) is 2. The molecule has 3 aromatic rings. The second kappa shape index (κ2) is 14.6. The standard InChI is InChI=1S/C45H57N5O3/c1-5-6-34-17-30(4)18-42(52)37(34)8-9-41(51)38-22-36(23-40-39(38)28-47-50(40)29(2)3)35-7-10-43(46-27-35)48-13-15-49(16-14-48)44(53)11-12-45-24-31-19-32(25-45)21-33(20-31)26-45/h7,10,17,22-23,27-29,31-33H,5-6,8-9,11-16,18-21,24-26H2,1-4H3. The van der Waals surface area contributed by atoms with Gasteiger partial charge in [-0.25, -0.2) is 4.98 Å². The molecule has 1 amide bonds. The number of fused-ring (bicyclic) bond motifs is 1. The number of pyridine rings is 1. The van der Waals surface area contributed by atoms with Gasteiger partial charge in [0, 0.05) is 74.2 Å². The molecular weight excluding hydrogens is 659 g/mol. The highest BCUT2D eigenvalue weighted by molar-refractivity contribution is 6.09. The van der Waals surface area contributed by atoms with Crippen molar-refractivity contribution in [3.8, 4) is 11.1 Å². The van der Waals surface area contributed by atoms with Crippen LogP contribution in [0.3, 0.4) is 0 Å². The Morgan fingerprint density at radius 3 is 2.26 bits per heavy atom. The third-order valence-corrected chi connectivity index (χ3v) is 13.3. The smallest absolute Gasteiger partial charge is 0.222 e. The van der Waals surface area contributed by atoms with Gasteiger partial charge in [0.1, 0.15) is 5.82 Å². The summed E-state index contributed by atoms with van der Waals surface area (Å²) in [6, 6.07) is 8.38. The van der Waals surface area contributed by atoms with E-state index < -0.39 is 0 Å². The molecule has 8 nitrogen and oxygen atoms in total. The molecule has 4 bridgehead atoms. The van der Waals surface area contributed by atoms with Crippen LogP contribution in [0.2, 0.25) is 0 Å². The number of anilines is 1. The lowest BCUT2D eigenvalue weighted by Gasteiger charge is -2.57. The molecule has 1 aromatic carbocycles. The molecule has 9 rings (SSSR count). The molecule has 0 N–H and O–H groups in total. The number of hydrogen-bond acceptors (Lipinski definition) is 6. The molecule has 4 saturated carbocycles. The van der Waals surface area contributed by atoms with E-state index in [0.29, 0.717) is 36.1 Å². The minimum Gasteiger partial charge on any atom is -0.353 e. The number of hydrogen-bond donors (Lipinski definition) is 0. The third kappa shape index (κ3) is 7.27. The number of piperazine rings is 1. The molecule has 0 spiro atoms. The van der Waals surface area contributed by atoms with Crippen molar-refractivity contribution in [1.29, 1.82) is 0 Å². The summed E-state index contributed by atoms with van der Waals surface area (Å²) < 4.78 is 1.97. The van der Waals surface area contributed by atoms with Crippen molar-refractivity contribution < 1.29 is 14.4 Å². The topological polar surface area (TPSA) is 88.4 Å². The lowest BCUT2D eigenvalue weighted by Crippen LogP contribution is -2.50. The number of aromatic nitrogens is 3. The van der Waals surface area contributed by atoms with E-state index >= 15 is 0 Å². The monoisotopic (exact) mass is 715 g/mol. The number of ketones is 2. The lowest BCUT2D eigenvalue weighted by molar-refractivity contribution is -0.133. The Labute approximate surface area is 315 Å². The molecule has 3 heterocycles. The zero-order valence-corrected chi connectivity index (χ0v) is 32.3. The average molecular weight is 716 g/mol. The second-order valence-electron chi connectivity index (χ2n) is 17.6. The maximum absolute atomic E-state index is 14.0. The normalized spacial score (nSPS) is 25.6. The molecule has 53 heavy (non-hydrogen) atoms. The number of carbonyl (C=O) groups excluding carboxylic acids is 3. The van der Waals surface area contributed by atoms with E-state index in [0.717, 1.165) is 108 Å². The first-order chi connectivity index (χ1) is 25.6. The minimum absolute atomic E-state index is 0.0255. The number of benzene rings is 1. The molecule has 8 heteroatoms. The fraction of sp³-hybridized carbons (Fsp3) is 0.578. The Morgan fingerprint density at radius 1 is 0.906 bits per heavy atom. The van der Waals surface area contributed by atoms with Crippen molar-refractivity contribution >= 4 is 34.2 Å². The van der Waals surface area contributed by atoms with Gasteiger partial charge in [-0.3, -0.25) is 19.1 Å². The summed E-state index contributed by atoms with van der Waals surface area (Å²) >= 11 is 0. The Hall–Kier alpha value is -4.07. The molecule has 2 aromatic heterocycles. The molecule has 0 unspecified atom stereocenters. The highest BCUT2D eigenvalue weighted by Gasteiger charge is 2.50. The summed E-state index contributed by atoms with van der Waals surface area (Å²) in [5, 5.41) is 5.51. The molecule has 6 aliphatic rings. The van der Waals surface area contributed by atoms with Crippen LogP contribution < -0.4 is 4.90 Å². The van der Waals surface area contributed by atoms with E-state index in [1.54, 1.807) is 6.20 Å². The summed E-state index contributed by atoms with van der Waals surface area (Å²) in [6.45, 7) is 11.4. The van der Waals surface area contributed by atoms with Crippen LogP contribution in [0.15, 0.2) is 59.5 Å². The molecule has 0 radical (unpaired) electrons. The van der Waals surface area contributed by atoms with E-state index in [4.69, 9.17) is 4.98 Å². The summed E-state index contributed by atoms with van der Waals surface area (Å²) in [6.07, 6.45) is 19.1. The zero-order valence-electron chi connectivity index (χ0n) is 32.3. The minimum atomic E-state index is 0.0255. The van der Waals surface area contributed by atoms with Gasteiger partial charge in [0.25, 0.3) is 0 Å². The van der Waals surface area contributed by atoms with Crippen molar-refractivity contribution in [3.63, 3.8) is 0 Å². The van der Waals surface area contributed by atoms with Crippen molar-refractivity contribution in [1.82, 2.24) is 19.7 Å². The molecule has 5 fully saturated rings. The first-order valence-electron chi connectivity index (χ1n) is 20.5. The maximum Gasteiger partial charge on any atom is 0.222 e. The van der Waals surface area contributed by atoms with Gasteiger partial charge >= 0.3 is 0 Å². The van der Waals surface area contributed by atoms with E-state index in [9.17, 15) is 14.4 Å². The number of amides is 1. The van der Waals surface area contributed by atoms with Gasteiger partial charge in [0.05, 0.1) is 11.7 Å². The number of nitrogens with zero attached hydrogens (tertiary/aromatic N) is 5. The van der Waals surface area contributed by atoms with Crippen molar-refractivity contribution in [3.05, 3.63) is 65.0 Å². The highest BCUT2D eigenvalue weighted by atomic mass is 16.2. The lowest BCUT2D eigenvalue weighted by atomic mass is 9.48. The van der Waals surface area contributed by atoms with Gasteiger partial charge < -0.3 is 9.80 Å². The van der Waals surface area contributed by atoms with Crippen LogP contribution in [0, 0.1) is 23.2 Å². The SMILES string of the molecule is CCCC1=C(CCC(=O)c2cc(-c3ccc(N4CCN(C(=O)CCC56CC7CC(CC(C7)C5)C6)CC4)nc3)cc3c2cnn3C(C)C)C(=O)CC(C)=C1. The summed E-state index contributed by atoms with van der Waals surface area (Å²) in [5.74, 6) is 4.21. The fourth-order valence-electron chi connectivity index (χ4n) is 11.1. The molecule has 280 valence electrons. The van der Waals surface area contributed by atoms with Gasteiger partial charge in [-0.05, 0) is 143 Å². The van der Waals surface area contributed by atoms with E-state index in [-0.39, 0.29) is 24.0 Å². The summed E-state index contributed by atoms with van der Waals surface area (Å²) in [4.78, 5) is 49.7. The number of carbonyl (C=O) groups is 3. The van der Waals surface area contributed by atoms with Crippen molar-refractivity contribution in [2.45, 2.75) is 117 Å². The van der Waals surface area contributed by atoms with Gasteiger partial charge in [-0.15, -0.1) is 0 Å². The first-order valence-corrected chi connectivity index (χ1v) is 20.5. The Morgan fingerprint density at radius 2 is 1.62 bits per heavy atom. The molecular formula is C45H57N5O3. The van der Waals surface area contributed by atoms with E-state index in [1.807, 2.05) is 23.9 Å². The van der Waals surface area contributed by atoms with Gasteiger partial charge in [-0.1, -0.05) is 25.0 Å². The van der Waals surface area contributed by atoms with Crippen LogP contribution >= 0.6 is 0 Å². The van der Waals surface area contributed by atoms with Crippen LogP contribution in [0.1, 0.15) is 128 Å². The average Bonchev–Trinajstić information content (AvgIpc) is 3.57. The Bertz CT molecular complexity index is 1920. The predicted octanol–water partition coefficient (Wildman–Crippen LogP) is 9.30. The van der Waals surface area contributed by atoms with Gasteiger partial charge in [0.15, 0.2) is 11.6 Å². The first kappa shape index (κ1) is 35.9. The van der Waals surface area contributed by atoms with Gasteiger partial charge in [-0.2, -0.15) is 5.10 Å². The molecule has 1 saturated heterocycles. The third-order valence-electron chi connectivity index (χ3n) is 13.3. The van der Waals surface area contributed by atoms with E-state index in [2.05, 4.69) is 59.9 Å². The molecule has 5 aliphatic carbocycles. The quantitative estimate of drug-likeness (QED) is 0.174. The van der Waals surface area contributed by atoms with Crippen molar-refractivity contribution in [2.24, 2.45) is 23.2 Å². The van der Waals surface area contributed by atoms with Crippen LogP contribution in [-0.4, -0.2) is 63.3 Å². The number of rotatable bonds is 12. The Kier molecular flexibility index (Phi) is 9.92. The van der Waals surface area contributed by atoms with Crippen molar-refractivity contribution in [2.75, 3.05) is 31.1 Å². The largest absolute Gasteiger partial charge is 0.353 e. The van der Waals surface area contributed by atoms with Gasteiger partial charge in [0.2, 0.25) is 5.91 Å². The van der Waals surface area contributed by atoms with E-state index in [1.165, 1.54) is 38.5 Å².